The first kappa shape index (κ1) is 18.5. The summed E-state index contributed by atoms with van der Waals surface area (Å²) in [5.74, 6) is 5.74. The van der Waals surface area contributed by atoms with Crippen LogP contribution in [0.2, 0.25) is 0 Å². The number of ether oxygens (including phenoxy) is 1. The fourth-order valence-corrected chi connectivity index (χ4v) is 3.00. The highest BCUT2D eigenvalue weighted by Gasteiger charge is 2.13. The smallest absolute Gasteiger partial charge is 0.252 e. The second-order valence-corrected chi connectivity index (χ2v) is 6.70. The van der Waals surface area contributed by atoms with Crippen LogP contribution in [0.1, 0.15) is 15.9 Å². The van der Waals surface area contributed by atoms with E-state index in [4.69, 9.17) is 4.74 Å². The standard InChI is InChI=1S/C18H18N2O4S/c1-19-18(21)17-11-4-3-7-14(17)8-6-12-20-25(22,23)16-10-5-9-15(13-16)24-2/h3-5,7,9-11,13,20H,12H2,1-2H3,(H,19,21). The molecule has 0 heterocycles. The van der Waals surface area contributed by atoms with Crippen LogP contribution in [-0.4, -0.2) is 35.0 Å². The molecule has 0 aliphatic heterocycles. The van der Waals surface area contributed by atoms with Gasteiger partial charge in [-0.3, -0.25) is 4.79 Å². The normalized spacial score (nSPS) is 10.5. The van der Waals surface area contributed by atoms with Crippen LogP contribution in [0.3, 0.4) is 0 Å². The molecule has 0 saturated heterocycles. The maximum absolute atomic E-state index is 12.2. The van der Waals surface area contributed by atoms with Gasteiger partial charge in [-0.25, -0.2) is 8.42 Å². The number of hydrogen-bond donors (Lipinski definition) is 2. The molecule has 0 spiro atoms. The molecule has 7 heteroatoms. The Bertz CT molecular complexity index is 927. The van der Waals surface area contributed by atoms with Crippen molar-refractivity contribution < 1.29 is 17.9 Å². The molecule has 2 rings (SSSR count). The summed E-state index contributed by atoms with van der Waals surface area (Å²) >= 11 is 0. The second-order valence-electron chi connectivity index (χ2n) is 4.93. The number of methoxy groups -OCH3 is 1. The first-order chi connectivity index (χ1) is 12.0. The molecule has 130 valence electrons. The highest BCUT2D eigenvalue weighted by Crippen LogP contribution is 2.16. The number of nitrogens with one attached hydrogen (secondary N) is 2. The molecule has 0 atom stereocenters. The van der Waals surface area contributed by atoms with Gasteiger partial charge in [0, 0.05) is 18.7 Å². The Morgan fingerprint density at radius 3 is 2.64 bits per heavy atom. The van der Waals surface area contributed by atoms with Gasteiger partial charge < -0.3 is 10.1 Å². The Hall–Kier alpha value is -2.82. The SMILES string of the molecule is CNC(=O)c1ccccc1C#CCNS(=O)(=O)c1cccc(OC)c1. The third-order valence-electron chi connectivity index (χ3n) is 3.32. The Labute approximate surface area is 147 Å². The fraction of sp³-hybridized carbons (Fsp3) is 0.167. The van der Waals surface area contributed by atoms with Gasteiger partial charge in [0.1, 0.15) is 5.75 Å². The lowest BCUT2D eigenvalue weighted by atomic mass is 10.1. The zero-order valence-corrected chi connectivity index (χ0v) is 14.7. The lowest BCUT2D eigenvalue weighted by Crippen LogP contribution is -2.24. The van der Waals surface area contributed by atoms with Gasteiger partial charge in [-0.2, -0.15) is 4.72 Å². The molecule has 0 saturated carbocycles. The molecule has 0 aliphatic carbocycles. The van der Waals surface area contributed by atoms with Gasteiger partial charge in [0.15, 0.2) is 0 Å². The Kier molecular flexibility index (Phi) is 6.17. The van der Waals surface area contributed by atoms with Gasteiger partial charge >= 0.3 is 0 Å². The molecule has 0 aromatic heterocycles. The van der Waals surface area contributed by atoms with Gasteiger partial charge in [-0.05, 0) is 24.3 Å². The van der Waals surface area contributed by atoms with Crippen molar-refractivity contribution in [3.8, 4) is 17.6 Å². The maximum atomic E-state index is 12.2. The predicted molar refractivity (Wildman–Crippen MR) is 94.9 cm³/mol. The van der Waals surface area contributed by atoms with Gasteiger partial charge in [0.25, 0.3) is 5.91 Å². The van der Waals surface area contributed by atoms with E-state index in [1.807, 2.05) is 0 Å². The number of amides is 1. The van der Waals surface area contributed by atoms with E-state index in [-0.39, 0.29) is 17.3 Å². The van der Waals surface area contributed by atoms with E-state index >= 15 is 0 Å². The maximum Gasteiger partial charge on any atom is 0.252 e. The largest absolute Gasteiger partial charge is 0.497 e. The van der Waals surface area contributed by atoms with Crippen molar-refractivity contribution in [2.75, 3.05) is 20.7 Å². The number of benzene rings is 2. The van der Waals surface area contributed by atoms with E-state index in [2.05, 4.69) is 21.9 Å². The number of carbonyl (C=O) groups is 1. The Balaban J connectivity index is 2.11. The van der Waals surface area contributed by atoms with Gasteiger partial charge in [-0.1, -0.05) is 30.0 Å². The molecule has 0 aliphatic rings. The molecule has 2 aromatic rings. The first-order valence-corrected chi connectivity index (χ1v) is 8.90. The quantitative estimate of drug-likeness (QED) is 0.791. The highest BCUT2D eigenvalue weighted by atomic mass is 32.2. The summed E-state index contributed by atoms with van der Waals surface area (Å²) < 4.78 is 31.9. The lowest BCUT2D eigenvalue weighted by Gasteiger charge is -2.06. The average Bonchev–Trinajstić information content (AvgIpc) is 2.65. The molecule has 2 aromatic carbocycles. The van der Waals surface area contributed by atoms with E-state index in [9.17, 15) is 13.2 Å². The van der Waals surface area contributed by atoms with Gasteiger partial charge in [0.2, 0.25) is 10.0 Å². The first-order valence-electron chi connectivity index (χ1n) is 7.41. The molecule has 0 unspecified atom stereocenters. The molecule has 0 fully saturated rings. The van der Waals surface area contributed by atoms with Crippen molar-refractivity contribution in [1.29, 1.82) is 0 Å². The van der Waals surface area contributed by atoms with E-state index < -0.39 is 10.0 Å². The molecule has 6 nitrogen and oxygen atoms in total. The fourth-order valence-electron chi connectivity index (χ4n) is 2.05. The minimum atomic E-state index is -3.69. The third kappa shape index (κ3) is 4.83. The van der Waals surface area contributed by atoms with Crippen molar-refractivity contribution in [3.05, 3.63) is 59.7 Å². The van der Waals surface area contributed by atoms with Crippen LogP contribution in [0.4, 0.5) is 0 Å². The average molecular weight is 358 g/mol. The van der Waals surface area contributed by atoms with Crippen LogP contribution < -0.4 is 14.8 Å². The summed E-state index contributed by atoms with van der Waals surface area (Å²) in [5, 5.41) is 2.54. The Morgan fingerprint density at radius 2 is 1.92 bits per heavy atom. The highest BCUT2D eigenvalue weighted by molar-refractivity contribution is 7.89. The van der Waals surface area contributed by atoms with E-state index in [1.165, 1.54) is 26.3 Å². The van der Waals surface area contributed by atoms with Crippen LogP contribution in [-0.2, 0) is 10.0 Å². The molecular formula is C18H18N2O4S. The number of carbonyl (C=O) groups excluding carboxylic acids is 1. The summed E-state index contributed by atoms with van der Waals surface area (Å²) in [6.07, 6.45) is 0. The predicted octanol–water partition coefficient (Wildman–Crippen LogP) is 1.38. The van der Waals surface area contributed by atoms with Crippen LogP contribution in [0.25, 0.3) is 0 Å². The molecule has 0 radical (unpaired) electrons. The molecular weight excluding hydrogens is 340 g/mol. The van der Waals surface area contributed by atoms with Gasteiger partial charge in [0.05, 0.1) is 24.1 Å². The van der Waals surface area contributed by atoms with Crippen LogP contribution >= 0.6 is 0 Å². The van der Waals surface area contributed by atoms with Crippen molar-refractivity contribution in [1.82, 2.24) is 10.0 Å². The zero-order valence-electron chi connectivity index (χ0n) is 13.9. The second kappa shape index (κ2) is 8.33. The summed E-state index contributed by atoms with van der Waals surface area (Å²) in [4.78, 5) is 11.9. The topological polar surface area (TPSA) is 84.5 Å². The summed E-state index contributed by atoms with van der Waals surface area (Å²) in [6, 6.07) is 13.0. The monoisotopic (exact) mass is 358 g/mol. The summed E-state index contributed by atoms with van der Waals surface area (Å²) in [7, 11) is -0.687. The van der Waals surface area contributed by atoms with E-state index in [1.54, 1.807) is 36.4 Å². The van der Waals surface area contributed by atoms with Crippen LogP contribution in [0, 0.1) is 11.8 Å². The molecule has 1 amide bonds. The lowest BCUT2D eigenvalue weighted by molar-refractivity contribution is 0.0963. The van der Waals surface area contributed by atoms with E-state index in [0.717, 1.165) is 0 Å². The third-order valence-corrected chi connectivity index (χ3v) is 4.72. The Morgan fingerprint density at radius 1 is 1.16 bits per heavy atom. The minimum absolute atomic E-state index is 0.0817. The zero-order chi connectivity index (χ0) is 18.3. The van der Waals surface area contributed by atoms with Crippen molar-refractivity contribution in [3.63, 3.8) is 0 Å². The van der Waals surface area contributed by atoms with Crippen molar-refractivity contribution in [2.45, 2.75) is 4.90 Å². The van der Waals surface area contributed by atoms with E-state index in [0.29, 0.717) is 16.9 Å². The number of rotatable bonds is 5. The summed E-state index contributed by atoms with van der Waals surface area (Å²) in [6.45, 7) is -0.0817. The summed E-state index contributed by atoms with van der Waals surface area (Å²) in [5.41, 5.74) is 0.968. The van der Waals surface area contributed by atoms with Gasteiger partial charge in [-0.15, -0.1) is 0 Å². The number of sulfonamides is 1. The molecule has 25 heavy (non-hydrogen) atoms. The molecule has 0 bridgehead atoms. The molecule has 2 N–H and O–H groups in total. The van der Waals surface area contributed by atoms with Crippen molar-refractivity contribution in [2.24, 2.45) is 0 Å². The minimum Gasteiger partial charge on any atom is -0.497 e. The van der Waals surface area contributed by atoms with Crippen LogP contribution in [0.5, 0.6) is 5.75 Å². The van der Waals surface area contributed by atoms with Crippen LogP contribution in [0.15, 0.2) is 53.4 Å². The van der Waals surface area contributed by atoms with Crippen molar-refractivity contribution >= 4 is 15.9 Å². The number of hydrogen-bond acceptors (Lipinski definition) is 4.